The summed E-state index contributed by atoms with van der Waals surface area (Å²) in [6.45, 7) is -0.198. The molecule has 72 valence electrons. The third-order valence-corrected chi connectivity index (χ3v) is 2.65. The van der Waals surface area contributed by atoms with Gasteiger partial charge in [0, 0.05) is 5.02 Å². The standard InChI is InChI=1S/C8H8Cl3NO/c9-4-1-5(7(12)3-13)8(11)6(10)2-4/h1-2,7,13H,3,12H2/t7-/m0/s1. The van der Waals surface area contributed by atoms with Gasteiger partial charge in [0.15, 0.2) is 0 Å². The van der Waals surface area contributed by atoms with E-state index in [0.717, 1.165) is 0 Å². The zero-order chi connectivity index (χ0) is 10.0. The van der Waals surface area contributed by atoms with Crippen LogP contribution in [0.5, 0.6) is 0 Å². The number of aliphatic hydroxyl groups excluding tert-OH is 1. The molecule has 1 aromatic carbocycles. The number of nitrogens with two attached hydrogens (primary N) is 1. The summed E-state index contributed by atoms with van der Waals surface area (Å²) >= 11 is 17.4. The summed E-state index contributed by atoms with van der Waals surface area (Å²) in [5, 5.41) is 9.96. The maximum atomic E-state index is 8.82. The van der Waals surface area contributed by atoms with Crippen LogP contribution < -0.4 is 5.73 Å². The lowest BCUT2D eigenvalue weighted by atomic mass is 10.1. The SMILES string of the molecule is N[C@@H](CO)c1cc(Cl)cc(Cl)c1Cl. The van der Waals surface area contributed by atoms with Crippen molar-refractivity contribution in [3.05, 3.63) is 32.8 Å². The lowest BCUT2D eigenvalue weighted by Gasteiger charge is -2.11. The van der Waals surface area contributed by atoms with Gasteiger partial charge in [-0.2, -0.15) is 0 Å². The topological polar surface area (TPSA) is 46.2 Å². The molecule has 0 aliphatic carbocycles. The Morgan fingerprint density at radius 2 is 1.92 bits per heavy atom. The highest BCUT2D eigenvalue weighted by Gasteiger charge is 2.12. The monoisotopic (exact) mass is 239 g/mol. The first-order valence-electron chi connectivity index (χ1n) is 3.57. The van der Waals surface area contributed by atoms with Crippen molar-refractivity contribution in [1.29, 1.82) is 0 Å². The van der Waals surface area contributed by atoms with Crippen LogP contribution in [0.15, 0.2) is 12.1 Å². The Hall–Kier alpha value is 0.01000. The molecule has 1 rings (SSSR count). The largest absolute Gasteiger partial charge is 0.394 e. The van der Waals surface area contributed by atoms with Gasteiger partial charge < -0.3 is 10.8 Å². The molecule has 0 aromatic heterocycles. The Labute approximate surface area is 91.2 Å². The molecular formula is C8H8Cl3NO. The van der Waals surface area contributed by atoms with Crippen LogP contribution in [-0.4, -0.2) is 11.7 Å². The van der Waals surface area contributed by atoms with Crippen molar-refractivity contribution in [2.75, 3.05) is 6.61 Å². The molecule has 0 radical (unpaired) electrons. The summed E-state index contributed by atoms with van der Waals surface area (Å²) in [6, 6.07) is 2.57. The van der Waals surface area contributed by atoms with Crippen LogP contribution in [0.4, 0.5) is 0 Å². The Morgan fingerprint density at radius 3 is 2.46 bits per heavy atom. The fourth-order valence-corrected chi connectivity index (χ4v) is 1.70. The normalized spacial score (nSPS) is 13.0. The van der Waals surface area contributed by atoms with Gasteiger partial charge in [0.1, 0.15) is 0 Å². The van der Waals surface area contributed by atoms with Crippen molar-refractivity contribution < 1.29 is 5.11 Å². The fraction of sp³-hybridized carbons (Fsp3) is 0.250. The third kappa shape index (κ3) is 2.48. The van der Waals surface area contributed by atoms with Crippen molar-refractivity contribution in [2.45, 2.75) is 6.04 Å². The Bertz CT molecular complexity index is 317. The van der Waals surface area contributed by atoms with E-state index < -0.39 is 6.04 Å². The van der Waals surface area contributed by atoms with Crippen LogP contribution in [0.1, 0.15) is 11.6 Å². The summed E-state index contributed by atoms with van der Waals surface area (Å²) in [5.41, 5.74) is 6.14. The van der Waals surface area contributed by atoms with E-state index in [9.17, 15) is 0 Å². The lowest BCUT2D eigenvalue weighted by Crippen LogP contribution is -2.15. The molecule has 0 aliphatic rings. The third-order valence-electron chi connectivity index (χ3n) is 1.62. The quantitative estimate of drug-likeness (QED) is 0.781. The number of rotatable bonds is 2. The van der Waals surface area contributed by atoms with Gasteiger partial charge in [-0.1, -0.05) is 34.8 Å². The smallest absolute Gasteiger partial charge is 0.0641 e. The van der Waals surface area contributed by atoms with Crippen molar-refractivity contribution in [3.63, 3.8) is 0 Å². The average Bonchev–Trinajstić information content (AvgIpc) is 2.10. The van der Waals surface area contributed by atoms with Crippen LogP contribution in [0.3, 0.4) is 0 Å². The number of benzene rings is 1. The van der Waals surface area contributed by atoms with E-state index in [4.69, 9.17) is 45.6 Å². The van der Waals surface area contributed by atoms with Crippen molar-refractivity contribution >= 4 is 34.8 Å². The van der Waals surface area contributed by atoms with Gasteiger partial charge >= 0.3 is 0 Å². The molecule has 1 aromatic rings. The molecule has 0 fully saturated rings. The van der Waals surface area contributed by atoms with Gasteiger partial charge in [0.05, 0.1) is 22.7 Å². The second kappa shape index (κ2) is 4.49. The molecular weight excluding hydrogens is 232 g/mol. The molecule has 0 heterocycles. The average molecular weight is 241 g/mol. The minimum absolute atomic E-state index is 0.198. The van der Waals surface area contributed by atoms with E-state index in [1.165, 1.54) is 6.07 Å². The molecule has 2 nitrogen and oxygen atoms in total. The number of halogens is 3. The molecule has 0 unspecified atom stereocenters. The zero-order valence-corrected chi connectivity index (χ0v) is 8.87. The molecule has 5 heteroatoms. The van der Waals surface area contributed by atoms with Crippen LogP contribution in [0.2, 0.25) is 15.1 Å². The highest BCUT2D eigenvalue weighted by atomic mass is 35.5. The van der Waals surface area contributed by atoms with Crippen molar-refractivity contribution in [3.8, 4) is 0 Å². The van der Waals surface area contributed by atoms with Gasteiger partial charge in [-0.25, -0.2) is 0 Å². The first-order valence-corrected chi connectivity index (χ1v) is 4.70. The van der Waals surface area contributed by atoms with Crippen LogP contribution in [0, 0.1) is 0 Å². The molecule has 0 spiro atoms. The van der Waals surface area contributed by atoms with Gasteiger partial charge in [-0.15, -0.1) is 0 Å². The summed E-state index contributed by atoms with van der Waals surface area (Å²) in [4.78, 5) is 0. The van der Waals surface area contributed by atoms with Crippen LogP contribution in [-0.2, 0) is 0 Å². The maximum absolute atomic E-state index is 8.82. The Balaban J connectivity index is 3.20. The second-order valence-corrected chi connectivity index (χ2v) is 3.80. The summed E-state index contributed by atoms with van der Waals surface area (Å²) < 4.78 is 0. The van der Waals surface area contributed by atoms with E-state index in [-0.39, 0.29) is 6.61 Å². The molecule has 0 saturated heterocycles. The van der Waals surface area contributed by atoms with Crippen molar-refractivity contribution in [1.82, 2.24) is 0 Å². The first kappa shape index (κ1) is 11.1. The van der Waals surface area contributed by atoms with Crippen LogP contribution in [0.25, 0.3) is 0 Å². The molecule has 3 N–H and O–H groups in total. The molecule has 0 saturated carbocycles. The lowest BCUT2D eigenvalue weighted by molar-refractivity contribution is 0.268. The molecule has 0 aliphatic heterocycles. The highest BCUT2D eigenvalue weighted by Crippen LogP contribution is 2.32. The zero-order valence-electron chi connectivity index (χ0n) is 6.60. The van der Waals surface area contributed by atoms with E-state index in [2.05, 4.69) is 0 Å². The van der Waals surface area contributed by atoms with Crippen molar-refractivity contribution in [2.24, 2.45) is 5.73 Å². The first-order chi connectivity index (χ1) is 6.06. The van der Waals surface area contributed by atoms with Crippen LogP contribution >= 0.6 is 34.8 Å². The Kier molecular flexibility index (Phi) is 3.83. The second-order valence-electron chi connectivity index (χ2n) is 2.58. The van der Waals surface area contributed by atoms with E-state index in [0.29, 0.717) is 20.6 Å². The van der Waals surface area contributed by atoms with E-state index >= 15 is 0 Å². The molecule has 0 bridgehead atoms. The number of hydrogen-bond donors (Lipinski definition) is 2. The molecule has 0 amide bonds. The van der Waals surface area contributed by atoms with Gasteiger partial charge in [0.25, 0.3) is 0 Å². The van der Waals surface area contributed by atoms with E-state index in [1.54, 1.807) is 6.07 Å². The number of aliphatic hydroxyl groups is 1. The van der Waals surface area contributed by atoms with E-state index in [1.807, 2.05) is 0 Å². The predicted molar refractivity (Wildman–Crippen MR) is 55.5 cm³/mol. The van der Waals surface area contributed by atoms with Gasteiger partial charge in [-0.05, 0) is 17.7 Å². The minimum Gasteiger partial charge on any atom is -0.394 e. The summed E-state index contributed by atoms with van der Waals surface area (Å²) in [5.74, 6) is 0. The Morgan fingerprint density at radius 1 is 1.31 bits per heavy atom. The number of hydrogen-bond acceptors (Lipinski definition) is 2. The fourth-order valence-electron chi connectivity index (χ4n) is 0.944. The minimum atomic E-state index is -0.552. The summed E-state index contributed by atoms with van der Waals surface area (Å²) in [7, 11) is 0. The molecule has 13 heavy (non-hydrogen) atoms. The summed E-state index contributed by atoms with van der Waals surface area (Å²) in [6.07, 6.45) is 0. The maximum Gasteiger partial charge on any atom is 0.0641 e. The van der Waals surface area contributed by atoms with Gasteiger partial charge in [0.2, 0.25) is 0 Å². The molecule has 1 atom stereocenters. The van der Waals surface area contributed by atoms with Gasteiger partial charge in [-0.3, -0.25) is 0 Å². The highest BCUT2D eigenvalue weighted by molar-refractivity contribution is 6.43. The predicted octanol–water partition coefficient (Wildman–Crippen LogP) is 2.64.